The SMILES string of the molecule is CC(COCc1nn[nH]n1)NC1CCCCC1.N#CC1(CNc2cccc(-c3cc(N)ncc3Cl)n2)CCOCC1. The molecule has 2 aliphatic rings. The minimum Gasteiger partial charge on any atom is -0.384 e. The number of aromatic nitrogens is 6. The normalized spacial score (nSPS) is 17.6. The number of halogens is 1. The van der Waals surface area contributed by atoms with Crippen LogP contribution in [-0.4, -0.2) is 69.0 Å². The highest BCUT2D eigenvalue weighted by molar-refractivity contribution is 6.33. The predicted molar refractivity (Wildman–Crippen MR) is 157 cm³/mol. The molecule has 0 bridgehead atoms. The highest BCUT2D eigenvalue weighted by Crippen LogP contribution is 2.31. The maximum Gasteiger partial charge on any atom is 0.200 e. The zero-order chi connectivity index (χ0) is 28.9. The van der Waals surface area contributed by atoms with E-state index in [0.29, 0.717) is 73.2 Å². The van der Waals surface area contributed by atoms with Gasteiger partial charge in [0.2, 0.25) is 0 Å². The molecule has 1 aliphatic carbocycles. The minimum absolute atomic E-state index is 0.380. The van der Waals surface area contributed by atoms with Crippen LogP contribution < -0.4 is 16.4 Å². The summed E-state index contributed by atoms with van der Waals surface area (Å²) >= 11 is 6.19. The molecule has 3 aromatic rings. The molecule has 3 aromatic heterocycles. The number of nitriles is 1. The Morgan fingerprint density at radius 3 is 2.80 bits per heavy atom. The van der Waals surface area contributed by atoms with Gasteiger partial charge in [-0.15, -0.1) is 10.2 Å². The van der Waals surface area contributed by atoms with E-state index in [1.807, 2.05) is 18.2 Å². The molecular formula is C28H39ClN10O2. The number of hydrogen-bond acceptors (Lipinski definition) is 11. The van der Waals surface area contributed by atoms with Crippen molar-refractivity contribution in [3.8, 4) is 17.3 Å². The molecule has 0 amide bonds. The number of H-pyrrole nitrogens is 1. The molecular weight excluding hydrogens is 544 g/mol. The monoisotopic (exact) mass is 582 g/mol. The van der Waals surface area contributed by atoms with Crippen LogP contribution in [0, 0.1) is 16.7 Å². The van der Waals surface area contributed by atoms with Gasteiger partial charge in [0.05, 0.1) is 28.8 Å². The fraction of sp³-hybridized carbons (Fsp3) is 0.571. The second-order valence-corrected chi connectivity index (χ2v) is 11.0. The maximum atomic E-state index is 9.51. The predicted octanol–water partition coefficient (Wildman–Crippen LogP) is 4.14. The van der Waals surface area contributed by atoms with E-state index in [4.69, 9.17) is 26.8 Å². The molecule has 0 aromatic carbocycles. The number of nitrogens with one attached hydrogen (secondary N) is 3. The average Bonchev–Trinajstić information content (AvgIpc) is 3.52. The van der Waals surface area contributed by atoms with E-state index >= 15 is 0 Å². The quantitative estimate of drug-likeness (QED) is 0.270. The third-order valence-electron chi connectivity index (χ3n) is 7.31. The van der Waals surface area contributed by atoms with Gasteiger partial charge in [-0.1, -0.05) is 42.1 Å². The topological polar surface area (TPSA) is 173 Å². The summed E-state index contributed by atoms with van der Waals surface area (Å²) in [4.78, 5) is 8.53. The van der Waals surface area contributed by atoms with Crippen molar-refractivity contribution in [2.45, 2.75) is 70.6 Å². The zero-order valence-electron chi connectivity index (χ0n) is 23.5. The van der Waals surface area contributed by atoms with Gasteiger partial charge < -0.3 is 25.8 Å². The average molecular weight is 583 g/mol. The Morgan fingerprint density at radius 1 is 1.27 bits per heavy atom. The van der Waals surface area contributed by atoms with Crippen LogP contribution in [0.4, 0.5) is 11.6 Å². The highest BCUT2D eigenvalue weighted by atomic mass is 35.5. The molecule has 1 unspecified atom stereocenters. The molecule has 220 valence electrons. The summed E-state index contributed by atoms with van der Waals surface area (Å²) in [6.07, 6.45) is 9.67. The van der Waals surface area contributed by atoms with Crippen molar-refractivity contribution >= 4 is 23.2 Å². The number of nitrogens with zero attached hydrogens (tertiary/aromatic N) is 6. The van der Waals surface area contributed by atoms with Crippen LogP contribution in [0.2, 0.25) is 5.02 Å². The van der Waals surface area contributed by atoms with Gasteiger partial charge >= 0.3 is 0 Å². The van der Waals surface area contributed by atoms with Gasteiger partial charge in [0.25, 0.3) is 0 Å². The first kappa shape index (κ1) is 30.6. The standard InChI is InChI=1S/C17H18ClN5O.C11H21N5O/c18-13-9-21-15(20)8-12(13)14-2-1-3-16(23-14)22-11-17(10-19)4-6-24-7-5-17;1-9(12-10-5-3-2-4-6-10)7-17-8-11-13-15-16-14-11/h1-3,8-9H,4-7,11H2,(H2,20,21)(H,22,23);9-10,12H,2-8H2,1H3,(H,13,14,15,16). The van der Waals surface area contributed by atoms with Crippen molar-refractivity contribution in [2.75, 3.05) is 37.4 Å². The molecule has 0 radical (unpaired) electrons. The summed E-state index contributed by atoms with van der Waals surface area (Å²) in [5, 5.41) is 30.4. The van der Waals surface area contributed by atoms with Gasteiger partial charge in [-0.3, -0.25) is 0 Å². The summed E-state index contributed by atoms with van der Waals surface area (Å²) in [6.45, 7) is 5.04. The van der Waals surface area contributed by atoms with Crippen LogP contribution in [0.25, 0.3) is 11.3 Å². The summed E-state index contributed by atoms with van der Waals surface area (Å²) in [5.74, 6) is 1.69. The van der Waals surface area contributed by atoms with Gasteiger partial charge in [0.1, 0.15) is 18.2 Å². The number of aromatic amines is 1. The van der Waals surface area contributed by atoms with E-state index in [9.17, 15) is 5.26 Å². The van der Waals surface area contributed by atoms with Gasteiger partial charge in [-0.05, 0) is 50.8 Å². The Morgan fingerprint density at radius 2 is 2.07 bits per heavy atom. The molecule has 2 fully saturated rings. The smallest absolute Gasteiger partial charge is 0.200 e. The van der Waals surface area contributed by atoms with Crippen LogP contribution in [0.15, 0.2) is 30.5 Å². The van der Waals surface area contributed by atoms with Gasteiger partial charge in [0.15, 0.2) is 5.82 Å². The van der Waals surface area contributed by atoms with Crippen molar-refractivity contribution < 1.29 is 9.47 Å². The molecule has 5 rings (SSSR count). The van der Waals surface area contributed by atoms with E-state index < -0.39 is 5.41 Å². The van der Waals surface area contributed by atoms with E-state index in [1.165, 1.54) is 38.3 Å². The van der Waals surface area contributed by atoms with Crippen LogP contribution in [0.5, 0.6) is 0 Å². The molecule has 41 heavy (non-hydrogen) atoms. The van der Waals surface area contributed by atoms with E-state index in [2.05, 4.69) is 54.2 Å². The molecule has 1 atom stereocenters. The Hall–Kier alpha value is -3.37. The van der Waals surface area contributed by atoms with Gasteiger partial charge in [0, 0.05) is 43.6 Å². The van der Waals surface area contributed by atoms with Crippen LogP contribution in [0.1, 0.15) is 57.7 Å². The lowest BCUT2D eigenvalue weighted by Crippen LogP contribution is -2.40. The van der Waals surface area contributed by atoms with Crippen molar-refractivity contribution in [3.05, 3.63) is 41.3 Å². The lowest BCUT2D eigenvalue weighted by molar-refractivity contribution is 0.0455. The fourth-order valence-corrected chi connectivity index (χ4v) is 5.17. The Balaban J connectivity index is 0.000000201. The summed E-state index contributed by atoms with van der Waals surface area (Å²) in [6, 6.07) is 10.8. The number of ether oxygens (including phenoxy) is 2. The molecule has 1 saturated heterocycles. The molecule has 13 heteroatoms. The summed E-state index contributed by atoms with van der Waals surface area (Å²) in [5.41, 5.74) is 6.76. The van der Waals surface area contributed by atoms with Crippen LogP contribution in [-0.2, 0) is 16.1 Å². The molecule has 12 nitrogen and oxygen atoms in total. The summed E-state index contributed by atoms with van der Waals surface area (Å²) in [7, 11) is 0. The first-order chi connectivity index (χ1) is 20.0. The molecule has 1 saturated carbocycles. The number of nitrogens with two attached hydrogens (primary N) is 1. The Bertz CT molecular complexity index is 1240. The number of pyridine rings is 2. The molecule has 4 heterocycles. The summed E-state index contributed by atoms with van der Waals surface area (Å²) < 4.78 is 10.9. The zero-order valence-corrected chi connectivity index (χ0v) is 24.2. The second-order valence-electron chi connectivity index (χ2n) is 10.6. The lowest BCUT2D eigenvalue weighted by Gasteiger charge is -2.30. The molecule has 0 spiro atoms. The van der Waals surface area contributed by atoms with Gasteiger partial charge in [-0.2, -0.15) is 10.5 Å². The first-order valence-corrected chi connectivity index (χ1v) is 14.5. The van der Waals surface area contributed by atoms with E-state index in [-0.39, 0.29) is 0 Å². The van der Waals surface area contributed by atoms with E-state index in [0.717, 1.165) is 18.4 Å². The number of nitrogen functional groups attached to an aromatic ring is 1. The number of rotatable bonds is 10. The largest absolute Gasteiger partial charge is 0.384 e. The van der Waals surface area contributed by atoms with Crippen LogP contribution in [0.3, 0.4) is 0 Å². The minimum atomic E-state index is -0.408. The Kier molecular flexibility index (Phi) is 11.6. The van der Waals surface area contributed by atoms with Gasteiger partial charge in [-0.25, -0.2) is 9.97 Å². The lowest BCUT2D eigenvalue weighted by atomic mass is 9.82. The first-order valence-electron chi connectivity index (χ1n) is 14.1. The Labute approximate surface area is 245 Å². The fourth-order valence-electron chi connectivity index (χ4n) is 4.97. The number of tetrazole rings is 1. The third kappa shape index (κ3) is 9.60. The van der Waals surface area contributed by atoms with Crippen molar-refractivity contribution in [1.82, 2.24) is 35.9 Å². The van der Waals surface area contributed by atoms with Crippen molar-refractivity contribution in [2.24, 2.45) is 5.41 Å². The van der Waals surface area contributed by atoms with Crippen molar-refractivity contribution in [1.29, 1.82) is 5.26 Å². The number of hydrogen-bond donors (Lipinski definition) is 4. The number of anilines is 2. The second kappa shape index (κ2) is 15.6. The third-order valence-corrected chi connectivity index (χ3v) is 7.61. The van der Waals surface area contributed by atoms with Crippen LogP contribution >= 0.6 is 11.6 Å². The maximum absolute atomic E-state index is 9.51. The highest BCUT2D eigenvalue weighted by Gasteiger charge is 2.32. The molecule has 1 aliphatic heterocycles. The molecule has 5 N–H and O–H groups in total. The van der Waals surface area contributed by atoms with E-state index in [1.54, 1.807) is 6.07 Å². The van der Waals surface area contributed by atoms with Crippen molar-refractivity contribution in [3.63, 3.8) is 0 Å².